The third-order valence-electron chi connectivity index (χ3n) is 3.39. The van der Waals surface area contributed by atoms with E-state index in [-0.39, 0.29) is 0 Å². The molecule has 0 aliphatic carbocycles. The number of carbonyl (C=O) groups excluding carboxylic acids is 1. The molecule has 0 saturated carbocycles. The predicted octanol–water partition coefficient (Wildman–Crippen LogP) is 3.16. The molecule has 0 aliphatic heterocycles. The minimum absolute atomic E-state index is 0.486. The first-order valence-corrected chi connectivity index (χ1v) is 6.82. The number of nitrogens with two attached hydrogens (primary N) is 1. The zero-order valence-electron chi connectivity index (χ0n) is 11.9. The van der Waals surface area contributed by atoms with Crippen LogP contribution in [0.25, 0.3) is 0 Å². The lowest BCUT2D eigenvalue weighted by Crippen LogP contribution is -2.45. The lowest BCUT2D eigenvalue weighted by molar-refractivity contribution is -0.122. The first-order valence-electron chi connectivity index (χ1n) is 6.44. The molecule has 0 radical (unpaired) electrons. The van der Waals surface area contributed by atoms with Crippen molar-refractivity contribution in [1.82, 2.24) is 0 Å². The zero-order chi connectivity index (χ0) is 15.5. The molecule has 0 spiro atoms. The number of nitrogens with one attached hydrogen (secondary N) is 1. The summed E-state index contributed by atoms with van der Waals surface area (Å²) in [6, 6.07) is 14.4. The van der Waals surface area contributed by atoms with Gasteiger partial charge in [-0.1, -0.05) is 29.8 Å². The SMILES string of the molecule is COc1ccc(NC(C)(C(N)=O)c2ccccc2Cl)cc1. The van der Waals surface area contributed by atoms with Crippen LogP contribution in [0.5, 0.6) is 5.75 Å². The van der Waals surface area contributed by atoms with E-state index in [9.17, 15) is 4.79 Å². The minimum Gasteiger partial charge on any atom is -0.497 e. The van der Waals surface area contributed by atoms with Gasteiger partial charge in [-0.05, 0) is 37.3 Å². The molecule has 3 N–H and O–H groups in total. The molecule has 1 atom stereocenters. The van der Waals surface area contributed by atoms with Gasteiger partial charge in [0, 0.05) is 16.3 Å². The van der Waals surface area contributed by atoms with Crippen LogP contribution in [-0.4, -0.2) is 13.0 Å². The maximum absolute atomic E-state index is 12.0. The molecular weight excluding hydrogens is 288 g/mol. The first-order chi connectivity index (χ1) is 9.97. The minimum atomic E-state index is -1.10. The van der Waals surface area contributed by atoms with Gasteiger partial charge >= 0.3 is 0 Å². The third kappa shape index (κ3) is 3.11. The van der Waals surface area contributed by atoms with Gasteiger partial charge in [-0.2, -0.15) is 0 Å². The van der Waals surface area contributed by atoms with Gasteiger partial charge in [0.25, 0.3) is 0 Å². The molecule has 2 aromatic rings. The van der Waals surface area contributed by atoms with E-state index in [0.29, 0.717) is 10.6 Å². The van der Waals surface area contributed by atoms with Crippen molar-refractivity contribution in [1.29, 1.82) is 0 Å². The molecule has 5 heteroatoms. The van der Waals surface area contributed by atoms with Crippen LogP contribution < -0.4 is 15.8 Å². The Labute approximate surface area is 128 Å². The Bertz CT molecular complexity index is 643. The summed E-state index contributed by atoms with van der Waals surface area (Å²) in [4.78, 5) is 12.0. The van der Waals surface area contributed by atoms with E-state index in [1.807, 2.05) is 18.2 Å². The topological polar surface area (TPSA) is 64.3 Å². The molecule has 1 unspecified atom stereocenters. The van der Waals surface area contributed by atoms with Gasteiger partial charge in [-0.15, -0.1) is 0 Å². The third-order valence-corrected chi connectivity index (χ3v) is 3.72. The fourth-order valence-corrected chi connectivity index (χ4v) is 2.42. The number of anilines is 1. The van der Waals surface area contributed by atoms with Crippen molar-refractivity contribution in [2.75, 3.05) is 12.4 Å². The number of hydrogen-bond donors (Lipinski definition) is 2. The Morgan fingerprint density at radius 2 is 1.81 bits per heavy atom. The lowest BCUT2D eigenvalue weighted by Gasteiger charge is -2.30. The number of halogens is 1. The van der Waals surface area contributed by atoms with Gasteiger partial charge in [-0.3, -0.25) is 4.79 Å². The summed E-state index contributed by atoms with van der Waals surface area (Å²) >= 11 is 6.20. The van der Waals surface area contributed by atoms with Crippen molar-refractivity contribution in [3.05, 3.63) is 59.1 Å². The fraction of sp³-hybridized carbons (Fsp3) is 0.188. The summed E-state index contributed by atoms with van der Waals surface area (Å²) in [5.74, 6) is 0.227. The van der Waals surface area contributed by atoms with E-state index in [4.69, 9.17) is 22.1 Å². The van der Waals surface area contributed by atoms with Crippen LogP contribution in [0.3, 0.4) is 0 Å². The molecule has 0 fully saturated rings. The second kappa shape index (κ2) is 6.06. The van der Waals surface area contributed by atoms with Crippen molar-refractivity contribution in [3.63, 3.8) is 0 Å². The quantitative estimate of drug-likeness (QED) is 0.892. The summed E-state index contributed by atoms with van der Waals surface area (Å²) in [6.07, 6.45) is 0. The van der Waals surface area contributed by atoms with Crippen LogP contribution in [0.4, 0.5) is 5.69 Å². The van der Waals surface area contributed by atoms with Crippen LogP contribution in [-0.2, 0) is 10.3 Å². The number of primary amides is 1. The number of carbonyl (C=O) groups is 1. The van der Waals surface area contributed by atoms with E-state index >= 15 is 0 Å². The number of ether oxygens (including phenoxy) is 1. The van der Waals surface area contributed by atoms with Crippen LogP contribution in [0.15, 0.2) is 48.5 Å². The summed E-state index contributed by atoms with van der Waals surface area (Å²) < 4.78 is 5.11. The Hall–Kier alpha value is -2.20. The standard InChI is InChI=1S/C16H17ClN2O2/c1-16(15(18)20,13-5-3-4-6-14(13)17)19-11-7-9-12(21-2)10-8-11/h3-10,19H,1-2H3,(H2,18,20). The summed E-state index contributed by atoms with van der Waals surface area (Å²) in [6.45, 7) is 1.71. The van der Waals surface area contributed by atoms with Crippen LogP contribution >= 0.6 is 11.6 Å². The van der Waals surface area contributed by atoms with Gasteiger partial charge < -0.3 is 15.8 Å². The lowest BCUT2D eigenvalue weighted by atomic mass is 9.90. The van der Waals surface area contributed by atoms with Crippen molar-refractivity contribution in [2.24, 2.45) is 5.73 Å². The molecule has 0 heterocycles. The van der Waals surface area contributed by atoms with E-state index in [1.165, 1.54) is 0 Å². The van der Waals surface area contributed by atoms with Crippen LogP contribution in [0.2, 0.25) is 5.02 Å². The smallest absolute Gasteiger partial charge is 0.247 e. The largest absolute Gasteiger partial charge is 0.497 e. The molecule has 4 nitrogen and oxygen atoms in total. The Morgan fingerprint density at radius 1 is 1.19 bits per heavy atom. The van der Waals surface area contributed by atoms with Crippen LogP contribution in [0, 0.1) is 0 Å². The monoisotopic (exact) mass is 304 g/mol. The van der Waals surface area contributed by atoms with Gasteiger partial charge in [-0.25, -0.2) is 0 Å². The molecule has 2 rings (SSSR count). The second-order valence-electron chi connectivity index (χ2n) is 4.82. The molecule has 21 heavy (non-hydrogen) atoms. The second-order valence-corrected chi connectivity index (χ2v) is 5.23. The summed E-state index contributed by atoms with van der Waals surface area (Å²) in [5.41, 5.74) is 5.87. The number of amides is 1. The van der Waals surface area contributed by atoms with Gasteiger partial charge in [0.2, 0.25) is 5.91 Å². The predicted molar refractivity (Wildman–Crippen MR) is 84.6 cm³/mol. The summed E-state index contributed by atoms with van der Waals surface area (Å²) in [5, 5.41) is 3.63. The molecule has 0 saturated heterocycles. The highest BCUT2D eigenvalue weighted by Crippen LogP contribution is 2.31. The average Bonchev–Trinajstić information content (AvgIpc) is 2.48. The molecule has 110 valence electrons. The van der Waals surface area contributed by atoms with Crippen molar-refractivity contribution in [3.8, 4) is 5.75 Å². The molecule has 0 aliphatic rings. The Morgan fingerprint density at radius 3 is 2.33 bits per heavy atom. The first kappa shape index (κ1) is 15.2. The van der Waals surface area contributed by atoms with Crippen molar-refractivity contribution >= 4 is 23.2 Å². The Balaban J connectivity index is 2.38. The van der Waals surface area contributed by atoms with Crippen molar-refractivity contribution in [2.45, 2.75) is 12.5 Å². The van der Waals surface area contributed by atoms with E-state index in [0.717, 1.165) is 11.4 Å². The maximum atomic E-state index is 12.0. The molecule has 2 aromatic carbocycles. The number of hydrogen-bond acceptors (Lipinski definition) is 3. The Kier molecular flexibility index (Phi) is 4.38. The van der Waals surface area contributed by atoms with Crippen molar-refractivity contribution < 1.29 is 9.53 Å². The highest BCUT2D eigenvalue weighted by molar-refractivity contribution is 6.31. The molecular formula is C16H17ClN2O2. The fourth-order valence-electron chi connectivity index (χ4n) is 2.09. The number of methoxy groups -OCH3 is 1. The van der Waals surface area contributed by atoms with E-state index < -0.39 is 11.4 Å². The molecule has 0 aromatic heterocycles. The van der Waals surface area contributed by atoms with Gasteiger partial charge in [0.1, 0.15) is 11.3 Å². The van der Waals surface area contributed by atoms with E-state index in [1.54, 1.807) is 44.4 Å². The highest BCUT2D eigenvalue weighted by atomic mass is 35.5. The van der Waals surface area contributed by atoms with Gasteiger partial charge in [0.05, 0.1) is 7.11 Å². The maximum Gasteiger partial charge on any atom is 0.247 e. The molecule has 1 amide bonds. The van der Waals surface area contributed by atoms with Crippen LogP contribution in [0.1, 0.15) is 12.5 Å². The average molecular weight is 305 g/mol. The normalized spacial score (nSPS) is 13.3. The molecule has 0 bridgehead atoms. The summed E-state index contributed by atoms with van der Waals surface area (Å²) in [7, 11) is 1.60. The van der Waals surface area contributed by atoms with Gasteiger partial charge in [0.15, 0.2) is 0 Å². The highest BCUT2D eigenvalue weighted by Gasteiger charge is 2.34. The zero-order valence-corrected chi connectivity index (χ0v) is 12.6. The van der Waals surface area contributed by atoms with E-state index in [2.05, 4.69) is 5.32 Å². The number of benzene rings is 2. The number of rotatable bonds is 5.